The lowest BCUT2D eigenvalue weighted by atomic mass is 10.0. The van der Waals surface area contributed by atoms with E-state index in [1.165, 1.54) is 99.3 Å². The van der Waals surface area contributed by atoms with Gasteiger partial charge in [-0.1, -0.05) is 102 Å². The van der Waals surface area contributed by atoms with Crippen LogP contribution in [0.4, 0.5) is 13.2 Å². The average Bonchev–Trinajstić information content (AvgIpc) is 1.56. The van der Waals surface area contributed by atoms with E-state index in [1.807, 2.05) is 60.2 Å². The van der Waals surface area contributed by atoms with Gasteiger partial charge in [-0.2, -0.15) is 13.2 Å². The summed E-state index contributed by atoms with van der Waals surface area (Å²) in [5, 5.41) is 25.5. The first-order chi connectivity index (χ1) is 57.3. The van der Waals surface area contributed by atoms with E-state index < -0.39 is 30.2 Å². The molecule has 0 saturated carbocycles. The summed E-state index contributed by atoms with van der Waals surface area (Å²) in [6, 6.07) is 59.7. The highest BCUT2D eigenvalue weighted by molar-refractivity contribution is 6.32. The molecular weight excluding hydrogens is 1640 g/mol. The van der Waals surface area contributed by atoms with Gasteiger partial charge in [0.05, 0.1) is 48.2 Å². The van der Waals surface area contributed by atoms with Crippen LogP contribution in [0.2, 0.25) is 25.1 Å². The molecule has 17 nitrogen and oxygen atoms in total. The lowest BCUT2D eigenvalue weighted by molar-refractivity contribution is -0.143. The predicted octanol–water partition coefficient (Wildman–Crippen LogP) is 23.1. The number of phenols is 1. The van der Waals surface area contributed by atoms with Crippen molar-refractivity contribution in [1.82, 2.24) is 22.8 Å². The Kier molecular flexibility index (Phi) is 28.2. The summed E-state index contributed by atoms with van der Waals surface area (Å²) in [7, 11) is 2.96. The summed E-state index contributed by atoms with van der Waals surface area (Å²) < 4.78 is 59.2. The number of carbonyl (C=O) groups excluding carboxylic acids is 7. The van der Waals surface area contributed by atoms with Crippen molar-refractivity contribution >= 4 is 161 Å². The third-order valence-corrected chi connectivity index (χ3v) is 21.9. The molecule has 10 aromatic carbocycles. The molecule has 0 amide bonds. The topological polar surface area (TPSA) is 220 Å². The molecule has 0 aliphatic rings. The Bertz CT molecular complexity index is 6460. The number of carboxylic acid groups (broad SMARTS) is 1. The van der Waals surface area contributed by atoms with Crippen molar-refractivity contribution in [3.63, 3.8) is 0 Å². The Morgan fingerprint density at radius 1 is 0.375 bits per heavy atom. The van der Waals surface area contributed by atoms with Gasteiger partial charge < -0.3 is 29.3 Å². The molecule has 120 heavy (non-hydrogen) atoms. The van der Waals surface area contributed by atoms with Gasteiger partial charge in [0.15, 0.2) is 0 Å². The first-order valence-electron chi connectivity index (χ1n) is 37.9. The van der Waals surface area contributed by atoms with E-state index in [2.05, 4.69) is 45.9 Å². The third-order valence-electron chi connectivity index (χ3n) is 20.6. The van der Waals surface area contributed by atoms with Crippen molar-refractivity contribution in [2.75, 3.05) is 14.2 Å². The van der Waals surface area contributed by atoms with Crippen molar-refractivity contribution in [1.29, 1.82) is 0 Å². The summed E-state index contributed by atoms with van der Waals surface area (Å²) >= 11 is 29.4. The lowest BCUT2D eigenvalue weighted by Gasteiger charge is -2.13. The lowest BCUT2D eigenvalue weighted by Crippen LogP contribution is -2.22. The summed E-state index contributed by atoms with van der Waals surface area (Å²) in [5.41, 5.74) is 13.8. The largest absolute Gasteiger partial charge is 0.508 e. The monoisotopic (exact) mass is 1720 g/mol. The minimum atomic E-state index is -4.84. The minimum Gasteiger partial charge on any atom is -0.508 e. The van der Waals surface area contributed by atoms with Crippen molar-refractivity contribution < 1.29 is 71.2 Å². The van der Waals surface area contributed by atoms with Crippen LogP contribution in [0.15, 0.2) is 212 Å². The molecule has 5 heterocycles. The number of phenolic OH excluding ortho intramolecular Hbond substituents is 1. The number of carboxylic acids is 1. The fraction of sp³-hybridized carbons (Fsp3) is 0.179. The first-order valence-corrected chi connectivity index (χ1v) is 39.8. The molecule has 15 rings (SSSR count). The number of nitrogens with zero attached hydrogens (tertiary/aromatic N) is 5. The number of alkyl halides is 3. The molecule has 0 radical (unpaired) electrons. The van der Waals surface area contributed by atoms with Crippen LogP contribution in [-0.2, 0) is 52.7 Å². The molecule has 25 heteroatoms. The van der Waals surface area contributed by atoms with Crippen LogP contribution in [0.1, 0.15) is 139 Å². The summed E-state index contributed by atoms with van der Waals surface area (Å²) in [6.07, 6.45) is -1.14. The molecule has 0 spiro atoms. The Labute approximate surface area is 714 Å². The Morgan fingerprint density at radius 3 is 1.01 bits per heavy atom. The number of halogens is 8. The number of aliphatic carboxylic acids is 1. The minimum absolute atomic E-state index is 0.00428. The number of hydrogen-bond acceptors (Lipinski definition) is 11. The summed E-state index contributed by atoms with van der Waals surface area (Å²) in [5.74, 6) is -1.30. The second-order valence-electron chi connectivity index (χ2n) is 28.2. The number of rotatable bonds is 16. The molecule has 0 aliphatic carbocycles. The molecule has 0 saturated heterocycles. The average molecular weight is 1720 g/mol. The van der Waals surface area contributed by atoms with E-state index in [0.717, 1.165) is 70.1 Å². The van der Waals surface area contributed by atoms with Crippen LogP contribution >= 0.6 is 58.0 Å². The number of aromatic nitrogens is 5. The Morgan fingerprint density at radius 2 is 0.667 bits per heavy atom. The highest BCUT2D eigenvalue weighted by atomic mass is 35.5. The Hall–Kier alpha value is -12.3. The van der Waals surface area contributed by atoms with Crippen LogP contribution in [0.25, 0.3) is 54.5 Å². The van der Waals surface area contributed by atoms with Gasteiger partial charge in [-0.3, -0.25) is 51.6 Å². The van der Waals surface area contributed by atoms with Gasteiger partial charge in [0.25, 0.3) is 29.5 Å². The molecule has 0 fully saturated rings. The maximum absolute atomic E-state index is 13.9. The predicted molar refractivity (Wildman–Crippen MR) is 468 cm³/mol. The number of aldehydes is 2. The number of benzene rings is 10. The van der Waals surface area contributed by atoms with E-state index in [9.17, 15) is 56.6 Å². The highest BCUT2D eigenvalue weighted by Crippen LogP contribution is 2.41. The number of carbonyl (C=O) groups is 8. The van der Waals surface area contributed by atoms with Crippen LogP contribution in [0.5, 0.6) is 17.2 Å². The maximum Gasteiger partial charge on any atom is 0.432 e. The number of hydrogen-bond donors (Lipinski definition) is 2. The van der Waals surface area contributed by atoms with E-state index >= 15 is 0 Å². The van der Waals surface area contributed by atoms with E-state index in [1.54, 1.807) is 128 Å². The standard InChI is InChI=1S/C20H20ClNO.C19H13ClF3NO3.C19H16ClNO3.C19H18ClNO.C18H14ClNO4/c1-4-5-17-14(3)22(19-11-6-13(2)12-18(17)19)20(23)15-7-9-16(21)10-8-15;1-27-13-6-7-16-15(10-13)14(8-9-25)17(19(21,22)23)24(16)18(26)11-2-4-12(20)5-3-11;1-12-16(9-10-22)17-11-15(24-2)7-8-18(17)21(12)19(23)13-3-5-14(20)6-4-13;1-4-16-13(3)21(18-10-5-12(2)11-17(16)18)19(22)14-6-8-15(20)9-7-14;1-10-14(9-17(22)23)15-8-13(21)6-7-16(15)20(10)18(24)11-2-4-12(19)5-3-11/h6-12H,4-5H2,1-3H3;2-7,9-10H,8H2,1H3;3-8,10-11H,9H2,1-2H3;5-11H,4H2,1-3H3;2-8,21H,9H2,1H3,(H,22,23). The third kappa shape index (κ3) is 18.9. The Balaban J connectivity index is 0.000000147. The molecule has 614 valence electrons. The van der Waals surface area contributed by atoms with E-state index in [4.69, 9.17) is 72.6 Å². The van der Waals surface area contributed by atoms with Gasteiger partial charge in [0.1, 0.15) is 35.5 Å². The van der Waals surface area contributed by atoms with Crippen molar-refractivity contribution in [3.05, 3.63) is 333 Å². The molecule has 15 aromatic rings. The second-order valence-corrected chi connectivity index (χ2v) is 30.4. The fourth-order valence-corrected chi connectivity index (χ4v) is 15.5. The zero-order valence-electron chi connectivity index (χ0n) is 66.8. The molecule has 5 aromatic heterocycles. The molecule has 0 bridgehead atoms. The van der Waals surface area contributed by atoms with Crippen molar-refractivity contribution in [3.8, 4) is 17.2 Å². The quantitative estimate of drug-likeness (QED) is 0.0863. The number of fused-ring (bicyclic) bond motifs is 5. The van der Waals surface area contributed by atoms with Crippen LogP contribution < -0.4 is 9.47 Å². The number of methoxy groups -OCH3 is 2. The van der Waals surface area contributed by atoms with Crippen LogP contribution in [0.3, 0.4) is 0 Å². The SMILES string of the molecule is CCCc1c(C)n(C(=O)c2ccc(Cl)cc2)c2ccc(C)cc12.CCc1c(C)n(C(=O)c2ccc(Cl)cc2)c2ccc(C)cc12.COc1ccc2c(c1)c(CC=O)c(C(F)(F)F)n2C(=O)c1ccc(Cl)cc1.COc1ccc2c(c1)c(CC=O)c(C)n2C(=O)c1ccc(Cl)cc1.Cc1c(CC(=O)O)c2cc(O)ccc2n1C(=O)c1ccc(Cl)cc1. The zero-order valence-corrected chi connectivity index (χ0v) is 70.6. The highest BCUT2D eigenvalue weighted by Gasteiger charge is 2.41. The van der Waals surface area contributed by atoms with Gasteiger partial charge in [-0.05, 0) is 282 Å². The smallest absolute Gasteiger partial charge is 0.432 e. The summed E-state index contributed by atoms with van der Waals surface area (Å²) in [6.45, 7) is 16.1. The van der Waals surface area contributed by atoms with Crippen LogP contribution in [-0.4, -0.2) is 95.3 Å². The van der Waals surface area contributed by atoms with E-state index in [0.29, 0.717) is 91.9 Å². The van der Waals surface area contributed by atoms with Gasteiger partial charge in [-0.15, -0.1) is 0 Å². The van der Waals surface area contributed by atoms with Crippen LogP contribution in [0, 0.1) is 41.5 Å². The molecular formula is C95H81Cl5F3N5O12. The second kappa shape index (κ2) is 38.2. The normalized spacial score (nSPS) is 11.1. The molecule has 2 N–H and O–H groups in total. The molecule has 0 aliphatic heterocycles. The van der Waals surface area contributed by atoms with Gasteiger partial charge in [0.2, 0.25) is 0 Å². The maximum atomic E-state index is 13.9. The first kappa shape index (κ1) is 88.5. The van der Waals surface area contributed by atoms with Gasteiger partial charge >= 0.3 is 12.1 Å². The van der Waals surface area contributed by atoms with Crippen molar-refractivity contribution in [2.24, 2.45) is 0 Å². The fourth-order valence-electron chi connectivity index (χ4n) is 14.9. The number of aryl methyl sites for hydroxylation is 4. The van der Waals surface area contributed by atoms with Crippen molar-refractivity contribution in [2.45, 2.75) is 100 Å². The van der Waals surface area contributed by atoms with Gasteiger partial charge in [0, 0.05) is 115 Å². The number of ether oxygens (including phenoxy) is 2. The summed E-state index contributed by atoms with van der Waals surface area (Å²) in [4.78, 5) is 98.0. The molecule has 0 atom stereocenters. The number of aromatic hydroxyl groups is 1. The zero-order chi connectivity index (χ0) is 86.9. The van der Waals surface area contributed by atoms with E-state index in [-0.39, 0.29) is 64.2 Å². The molecule has 0 unspecified atom stereocenters. The van der Waals surface area contributed by atoms with Gasteiger partial charge in [-0.25, -0.2) is 0 Å².